The van der Waals surface area contributed by atoms with Crippen molar-refractivity contribution in [3.63, 3.8) is 0 Å². The van der Waals surface area contributed by atoms with Crippen molar-refractivity contribution in [3.8, 4) is 0 Å². The molecule has 1 aliphatic carbocycles. The van der Waals surface area contributed by atoms with E-state index in [1.807, 2.05) is 20.3 Å². The van der Waals surface area contributed by atoms with Crippen LogP contribution in [0.4, 0.5) is 10.1 Å². The van der Waals surface area contributed by atoms with Gasteiger partial charge in [-0.3, -0.25) is 14.9 Å². The third kappa shape index (κ3) is 4.61. The van der Waals surface area contributed by atoms with Gasteiger partial charge in [0.15, 0.2) is 0 Å². The summed E-state index contributed by atoms with van der Waals surface area (Å²) < 4.78 is 13.7. The molecule has 0 aromatic heterocycles. The summed E-state index contributed by atoms with van der Waals surface area (Å²) >= 11 is 6.20. The summed E-state index contributed by atoms with van der Waals surface area (Å²) in [5, 5.41) is 2.43. The van der Waals surface area contributed by atoms with Gasteiger partial charge in [-0.15, -0.1) is 0 Å². The van der Waals surface area contributed by atoms with Crippen LogP contribution in [0.3, 0.4) is 0 Å². The third-order valence-electron chi connectivity index (χ3n) is 6.00. The lowest BCUT2D eigenvalue weighted by Crippen LogP contribution is -2.51. The number of amidine groups is 1. The van der Waals surface area contributed by atoms with E-state index in [0.29, 0.717) is 10.6 Å². The Balaban J connectivity index is 1.71. The topological polar surface area (TPSA) is 95.3 Å². The molecule has 0 bridgehead atoms. The number of rotatable bonds is 4. The average Bonchev–Trinajstić information content (AvgIpc) is 3.17. The summed E-state index contributed by atoms with van der Waals surface area (Å²) in [5.41, 5.74) is 18.5. The highest BCUT2D eigenvalue weighted by Crippen LogP contribution is 2.31. The SMILES string of the molecule is CN(C)C1CC=C2C(=NC3CCC(N)CC3)C(C(N)=Nc3cc(F)ccc3Cl)=CNN21. The van der Waals surface area contributed by atoms with Gasteiger partial charge in [0.1, 0.15) is 17.8 Å². The first-order valence-electron chi connectivity index (χ1n) is 10.6. The monoisotopic (exact) mass is 445 g/mol. The molecule has 0 amide bonds. The lowest BCUT2D eigenvalue weighted by atomic mass is 9.91. The number of hydrogen-bond donors (Lipinski definition) is 3. The number of nitrogens with two attached hydrogens (primary N) is 2. The van der Waals surface area contributed by atoms with Gasteiger partial charge in [0.25, 0.3) is 0 Å². The van der Waals surface area contributed by atoms with E-state index in [2.05, 4.69) is 26.4 Å². The lowest BCUT2D eigenvalue weighted by Gasteiger charge is -2.37. The molecular formula is C22H29ClFN7. The maximum atomic E-state index is 13.7. The molecule has 0 saturated heterocycles. The lowest BCUT2D eigenvalue weighted by molar-refractivity contribution is 0.105. The first-order chi connectivity index (χ1) is 14.8. The van der Waals surface area contributed by atoms with Gasteiger partial charge in [0.05, 0.1) is 33.7 Å². The number of fused-ring (bicyclic) bond motifs is 1. The largest absolute Gasteiger partial charge is 0.383 e. The Morgan fingerprint density at radius 1 is 1.26 bits per heavy atom. The van der Waals surface area contributed by atoms with E-state index in [0.717, 1.165) is 43.5 Å². The smallest absolute Gasteiger partial charge is 0.135 e. The van der Waals surface area contributed by atoms with Gasteiger partial charge < -0.3 is 16.9 Å². The molecule has 1 unspecified atom stereocenters. The molecule has 9 heteroatoms. The van der Waals surface area contributed by atoms with Gasteiger partial charge >= 0.3 is 0 Å². The van der Waals surface area contributed by atoms with Gasteiger partial charge in [-0.1, -0.05) is 17.7 Å². The van der Waals surface area contributed by atoms with E-state index in [1.165, 1.54) is 18.2 Å². The molecule has 2 heterocycles. The van der Waals surface area contributed by atoms with E-state index in [9.17, 15) is 4.39 Å². The normalized spacial score (nSPS) is 27.8. The first kappa shape index (κ1) is 21.8. The third-order valence-corrected chi connectivity index (χ3v) is 6.32. The van der Waals surface area contributed by atoms with Crippen LogP contribution in [0.25, 0.3) is 0 Å². The highest BCUT2D eigenvalue weighted by molar-refractivity contribution is 6.34. The van der Waals surface area contributed by atoms with Crippen molar-refractivity contribution in [2.75, 3.05) is 14.1 Å². The zero-order valence-electron chi connectivity index (χ0n) is 17.9. The molecule has 4 rings (SSSR count). The summed E-state index contributed by atoms with van der Waals surface area (Å²) in [6, 6.07) is 4.47. The molecule has 7 nitrogen and oxygen atoms in total. The van der Waals surface area contributed by atoms with E-state index >= 15 is 0 Å². The number of benzene rings is 1. The Bertz CT molecular complexity index is 961. The molecule has 3 aliphatic rings. The Kier molecular flexibility index (Phi) is 6.31. The van der Waals surface area contributed by atoms with Crippen molar-refractivity contribution in [3.05, 3.63) is 52.6 Å². The van der Waals surface area contributed by atoms with Gasteiger partial charge in [-0.05, 0) is 51.9 Å². The van der Waals surface area contributed by atoms with Gasteiger partial charge in [0.2, 0.25) is 0 Å². The molecule has 166 valence electrons. The van der Waals surface area contributed by atoms with Crippen molar-refractivity contribution in [2.24, 2.45) is 21.5 Å². The minimum absolute atomic E-state index is 0.175. The fourth-order valence-electron chi connectivity index (χ4n) is 4.24. The number of halogens is 2. The Hall–Kier alpha value is -2.42. The van der Waals surface area contributed by atoms with Crippen molar-refractivity contribution in [1.29, 1.82) is 0 Å². The zero-order chi connectivity index (χ0) is 22.1. The highest BCUT2D eigenvalue weighted by Gasteiger charge is 2.35. The van der Waals surface area contributed by atoms with Crippen LogP contribution in [0.1, 0.15) is 32.1 Å². The van der Waals surface area contributed by atoms with Crippen LogP contribution in [0.2, 0.25) is 5.02 Å². The summed E-state index contributed by atoms with van der Waals surface area (Å²) in [5.74, 6) is -0.183. The number of aliphatic imine (C=N–C) groups is 2. The number of nitrogens with zero attached hydrogens (tertiary/aromatic N) is 4. The molecule has 2 aliphatic heterocycles. The summed E-state index contributed by atoms with van der Waals surface area (Å²) in [7, 11) is 4.09. The molecule has 1 saturated carbocycles. The Labute approximate surface area is 187 Å². The molecular weight excluding hydrogens is 417 g/mol. The van der Waals surface area contributed by atoms with E-state index in [-0.39, 0.29) is 29.8 Å². The minimum Gasteiger partial charge on any atom is -0.383 e. The molecule has 1 aromatic rings. The minimum atomic E-state index is -0.419. The van der Waals surface area contributed by atoms with Crippen molar-refractivity contribution < 1.29 is 4.39 Å². The molecule has 5 N–H and O–H groups in total. The summed E-state index contributed by atoms with van der Waals surface area (Å²) in [6.07, 6.45) is 8.84. The number of allylic oxidation sites excluding steroid dienone is 1. The quantitative estimate of drug-likeness (QED) is 0.489. The summed E-state index contributed by atoms with van der Waals surface area (Å²) in [4.78, 5) is 11.7. The number of hydrazine groups is 1. The van der Waals surface area contributed by atoms with Crippen LogP contribution in [-0.4, -0.2) is 53.8 Å². The van der Waals surface area contributed by atoms with Crippen LogP contribution in [0.15, 0.2) is 51.7 Å². The van der Waals surface area contributed by atoms with Crippen LogP contribution in [0, 0.1) is 5.82 Å². The molecule has 1 atom stereocenters. The Morgan fingerprint density at radius 2 is 2.00 bits per heavy atom. The highest BCUT2D eigenvalue weighted by atomic mass is 35.5. The average molecular weight is 446 g/mol. The van der Waals surface area contributed by atoms with Gasteiger partial charge in [0, 0.05) is 24.7 Å². The van der Waals surface area contributed by atoms with E-state index in [1.54, 1.807) is 0 Å². The van der Waals surface area contributed by atoms with Gasteiger partial charge in [-0.25, -0.2) is 9.38 Å². The zero-order valence-corrected chi connectivity index (χ0v) is 18.6. The van der Waals surface area contributed by atoms with E-state index < -0.39 is 5.82 Å². The van der Waals surface area contributed by atoms with Crippen molar-refractivity contribution in [1.82, 2.24) is 15.3 Å². The molecule has 0 radical (unpaired) electrons. The van der Waals surface area contributed by atoms with Gasteiger partial charge in [-0.2, -0.15) is 0 Å². The number of hydrogen-bond acceptors (Lipinski definition) is 6. The second kappa shape index (κ2) is 8.98. The maximum absolute atomic E-state index is 13.7. The fourth-order valence-corrected chi connectivity index (χ4v) is 4.40. The predicted octanol–water partition coefficient (Wildman–Crippen LogP) is 3.06. The fraction of sp³-hybridized carbons (Fsp3) is 0.455. The maximum Gasteiger partial charge on any atom is 0.135 e. The van der Waals surface area contributed by atoms with Crippen LogP contribution >= 0.6 is 11.6 Å². The molecule has 1 aromatic carbocycles. The second-order valence-electron chi connectivity index (χ2n) is 8.47. The first-order valence-corrected chi connectivity index (χ1v) is 11.0. The predicted molar refractivity (Wildman–Crippen MR) is 124 cm³/mol. The molecule has 1 fully saturated rings. The van der Waals surface area contributed by atoms with Crippen molar-refractivity contribution in [2.45, 2.75) is 50.4 Å². The standard InChI is InChI=1S/C22H29ClFN7/c1-30(2)20-10-9-19-21(28-15-6-4-14(25)5-7-15)16(12-27-31(19)20)22(26)29-18-11-13(24)3-8-17(18)23/h3,8-9,11-12,14-15,20,27H,4-7,10,25H2,1-2H3,(H2,26,29). The second-order valence-corrected chi connectivity index (χ2v) is 8.87. The van der Waals surface area contributed by atoms with Crippen LogP contribution in [-0.2, 0) is 0 Å². The summed E-state index contributed by atoms with van der Waals surface area (Å²) in [6.45, 7) is 0. The van der Waals surface area contributed by atoms with Crippen LogP contribution < -0.4 is 16.9 Å². The Morgan fingerprint density at radius 3 is 2.71 bits per heavy atom. The van der Waals surface area contributed by atoms with E-state index in [4.69, 9.17) is 28.1 Å². The molecule has 31 heavy (non-hydrogen) atoms. The van der Waals surface area contributed by atoms with Crippen LogP contribution in [0.5, 0.6) is 0 Å². The molecule has 0 spiro atoms. The van der Waals surface area contributed by atoms with Crippen molar-refractivity contribution >= 4 is 28.8 Å². The number of nitrogens with one attached hydrogen (secondary N) is 1.